The van der Waals surface area contributed by atoms with E-state index in [1.54, 1.807) is 6.07 Å². The first-order chi connectivity index (χ1) is 8.61. The van der Waals surface area contributed by atoms with Crippen LogP contribution in [0.4, 0.5) is 13.2 Å². The minimum atomic E-state index is -4.35. The van der Waals surface area contributed by atoms with Gasteiger partial charge in [0.15, 0.2) is 0 Å². The third-order valence-electron chi connectivity index (χ3n) is 2.71. The minimum Gasteiger partial charge on any atom is -0.282 e. The average molecular weight is 296 g/mol. The molecule has 0 unspecified atom stereocenters. The fraction of sp³-hybridized carbons (Fsp3) is 0.500. The Bertz CT molecular complexity index is 536. The molecule has 1 aromatic carbocycles. The Morgan fingerprint density at radius 3 is 2.37 bits per heavy atom. The molecule has 0 aliphatic rings. The van der Waals surface area contributed by atoms with Crippen molar-refractivity contribution in [3.05, 3.63) is 29.3 Å². The van der Waals surface area contributed by atoms with Gasteiger partial charge >= 0.3 is 6.18 Å². The number of halogens is 3. The Hall–Kier alpha value is -1.08. The Balaban J connectivity index is 2.77. The van der Waals surface area contributed by atoms with Crippen LogP contribution in [0.2, 0.25) is 0 Å². The van der Waals surface area contributed by atoms with E-state index in [1.165, 1.54) is 19.1 Å². The maximum absolute atomic E-state index is 12.0. The molecule has 0 aromatic heterocycles. The molecule has 1 rings (SSSR count). The smallest absolute Gasteiger partial charge is 0.282 e. The fourth-order valence-electron chi connectivity index (χ4n) is 1.92. The Morgan fingerprint density at radius 2 is 1.84 bits per heavy atom. The van der Waals surface area contributed by atoms with Crippen molar-refractivity contribution in [2.45, 2.75) is 43.7 Å². The normalized spacial score (nSPS) is 12.7. The molecule has 0 amide bonds. The fourth-order valence-corrected chi connectivity index (χ4v) is 2.90. The summed E-state index contributed by atoms with van der Waals surface area (Å²) in [6, 6.07) is 4.65. The first-order valence-corrected chi connectivity index (χ1v) is 7.18. The number of hydrogen-bond donors (Lipinski definition) is 1. The predicted octanol–water partition coefficient (Wildman–Crippen LogP) is 3.52. The van der Waals surface area contributed by atoms with Crippen LogP contribution in [-0.4, -0.2) is 19.1 Å². The molecule has 3 nitrogen and oxygen atoms in total. The average Bonchev–Trinajstić information content (AvgIpc) is 2.21. The molecule has 1 aromatic rings. The summed E-state index contributed by atoms with van der Waals surface area (Å²) < 4.78 is 67.5. The lowest BCUT2D eigenvalue weighted by Crippen LogP contribution is -2.08. The highest BCUT2D eigenvalue weighted by Crippen LogP contribution is 2.25. The quantitative estimate of drug-likeness (QED) is 0.668. The SMILES string of the molecule is Cc1cccc(CCCCC(F)(F)F)c1S(=O)(=O)O. The van der Waals surface area contributed by atoms with Crippen molar-refractivity contribution in [3.63, 3.8) is 0 Å². The molecule has 0 radical (unpaired) electrons. The van der Waals surface area contributed by atoms with Crippen molar-refractivity contribution >= 4 is 10.1 Å². The largest absolute Gasteiger partial charge is 0.389 e. The molecule has 108 valence electrons. The molecule has 0 aliphatic carbocycles. The summed E-state index contributed by atoms with van der Waals surface area (Å²) in [5.41, 5.74) is 0.737. The molecule has 19 heavy (non-hydrogen) atoms. The zero-order valence-corrected chi connectivity index (χ0v) is 11.2. The predicted molar refractivity (Wildman–Crippen MR) is 64.6 cm³/mol. The van der Waals surface area contributed by atoms with Crippen LogP contribution in [0.25, 0.3) is 0 Å². The van der Waals surface area contributed by atoms with Gasteiger partial charge in [0.25, 0.3) is 10.1 Å². The second-order valence-electron chi connectivity index (χ2n) is 4.36. The molecule has 0 heterocycles. The summed E-state index contributed by atoms with van der Waals surface area (Å²) in [5.74, 6) is 0. The number of rotatable bonds is 5. The first kappa shape index (κ1) is 16.0. The number of benzene rings is 1. The van der Waals surface area contributed by atoms with Crippen molar-refractivity contribution in [1.82, 2.24) is 0 Å². The molecular formula is C12H15F3O3S. The standard InChI is InChI=1S/C12H15F3O3S/c1-9-5-4-7-10(11(9)19(16,17)18)6-2-3-8-12(13,14)15/h4-5,7H,2-3,6,8H2,1H3,(H,16,17,18). The number of hydrogen-bond acceptors (Lipinski definition) is 2. The van der Waals surface area contributed by atoms with Gasteiger partial charge in [0.05, 0.1) is 4.90 Å². The van der Waals surface area contributed by atoms with Gasteiger partial charge in [-0.25, -0.2) is 0 Å². The third kappa shape index (κ3) is 5.20. The van der Waals surface area contributed by atoms with E-state index in [1.807, 2.05) is 0 Å². The van der Waals surface area contributed by atoms with Crippen molar-refractivity contribution in [2.24, 2.45) is 0 Å². The minimum absolute atomic E-state index is 0.0671. The Morgan fingerprint density at radius 1 is 1.21 bits per heavy atom. The van der Waals surface area contributed by atoms with Gasteiger partial charge in [-0.3, -0.25) is 4.55 Å². The van der Waals surface area contributed by atoms with Crippen LogP contribution in [-0.2, 0) is 16.5 Å². The topological polar surface area (TPSA) is 54.4 Å². The van der Waals surface area contributed by atoms with Gasteiger partial charge in [0.1, 0.15) is 0 Å². The van der Waals surface area contributed by atoms with Crippen LogP contribution < -0.4 is 0 Å². The molecule has 0 spiro atoms. The molecule has 0 aliphatic heterocycles. The van der Waals surface area contributed by atoms with Crippen LogP contribution in [0.1, 0.15) is 30.4 Å². The van der Waals surface area contributed by atoms with E-state index in [9.17, 15) is 21.6 Å². The molecule has 0 bridgehead atoms. The maximum Gasteiger partial charge on any atom is 0.389 e. The molecule has 0 fully saturated rings. The maximum atomic E-state index is 12.0. The van der Waals surface area contributed by atoms with E-state index in [0.717, 1.165) is 0 Å². The third-order valence-corrected chi connectivity index (χ3v) is 3.81. The van der Waals surface area contributed by atoms with Crippen molar-refractivity contribution in [1.29, 1.82) is 0 Å². The van der Waals surface area contributed by atoms with Crippen LogP contribution in [0.15, 0.2) is 23.1 Å². The first-order valence-electron chi connectivity index (χ1n) is 5.74. The second kappa shape index (κ2) is 5.92. The lowest BCUT2D eigenvalue weighted by atomic mass is 10.0. The Labute approximate surface area is 110 Å². The summed E-state index contributed by atoms with van der Waals surface area (Å²) in [7, 11) is -4.35. The zero-order chi connectivity index (χ0) is 14.7. The summed E-state index contributed by atoms with van der Waals surface area (Å²) in [5, 5.41) is 0. The number of unbranched alkanes of at least 4 members (excludes halogenated alkanes) is 1. The van der Waals surface area contributed by atoms with Crippen molar-refractivity contribution < 1.29 is 26.1 Å². The van der Waals surface area contributed by atoms with Crippen LogP contribution >= 0.6 is 0 Å². The van der Waals surface area contributed by atoms with E-state index in [-0.39, 0.29) is 24.2 Å². The van der Waals surface area contributed by atoms with Crippen molar-refractivity contribution in [2.75, 3.05) is 0 Å². The summed E-state index contributed by atoms with van der Waals surface area (Å²) in [6.45, 7) is 1.53. The van der Waals surface area contributed by atoms with Gasteiger partial charge in [0.2, 0.25) is 0 Å². The van der Waals surface area contributed by atoms with E-state index >= 15 is 0 Å². The molecule has 0 saturated carbocycles. The highest BCUT2D eigenvalue weighted by atomic mass is 32.2. The number of aryl methyl sites for hydroxylation is 2. The molecule has 0 saturated heterocycles. The van der Waals surface area contributed by atoms with E-state index in [2.05, 4.69) is 0 Å². The molecular weight excluding hydrogens is 281 g/mol. The number of alkyl halides is 3. The lowest BCUT2D eigenvalue weighted by Gasteiger charge is -2.10. The van der Waals surface area contributed by atoms with Gasteiger partial charge in [0, 0.05) is 6.42 Å². The van der Waals surface area contributed by atoms with E-state index in [4.69, 9.17) is 4.55 Å². The van der Waals surface area contributed by atoms with Gasteiger partial charge in [-0.2, -0.15) is 21.6 Å². The second-order valence-corrected chi connectivity index (χ2v) is 5.72. The molecule has 1 N–H and O–H groups in total. The summed E-state index contributed by atoms with van der Waals surface area (Å²) in [6.07, 6.45) is -4.75. The zero-order valence-electron chi connectivity index (χ0n) is 10.4. The van der Waals surface area contributed by atoms with E-state index in [0.29, 0.717) is 11.1 Å². The van der Waals surface area contributed by atoms with Crippen molar-refractivity contribution in [3.8, 4) is 0 Å². The highest BCUT2D eigenvalue weighted by molar-refractivity contribution is 7.86. The lowest BCUT2D eigenvalue weighted by molar-refractivity contribution is -0.135. The van der Waals surface area contributed by atoms with Crippen LogP contribution in [0, 0.1) is 6.92 Å². The highest BCUT2D eigenvalue weighted by Gasteiger charge is 2.26. The molecule has 0 atom stereocenters. The van der Waals surface area contributed by atoms with Gasteiger partial charge in [-0.1, -0.05) is 18.2 Å². The van der Waals surface area contributed by atoms with Crippen LogP contribution in [0.5, 0.6) is 0 Å². The summed E-state index contributed by atoms with van der Waals surface area (Å²) in [4.78, 5) is -0.193. The molecule has 7 heteroatoms. The van der Waals surface area contributed by atoms with Gasteiger partial charge in [-0.05, 0) is 37.3 Å². The van der Waals surface area contributed by atoms with Gasteiger partial charge in [-0.15, -0.1) is 0 Å². The van der Waals surface area contributed by atoms with E-state index < -0.39 is 22.7 Å². The van der Waals surface area contributed by atoms with Gasteiger partial charge < -0.3 is 0 Å². The summed E-state index contributed by atoms with van der Waals surface area (Å²) >= 11 is 0. The Kier molecular flexibility index (Phi) is 4.98. The van der Waals surface area contributed by atoms with Crippen LogP contribution in [0.3, 0.4) is 0 Å². The monoisotopic (exact) mass is 296 g/mol.